The maximum Gasteiger partial charge on any atom is 0.213 e. The molecule has 1 aromatic carbocycles. The molecule has 0 aliphatic heterocycles. The summed E-state index contributed by atoms with van der Waals surface area (Å²) in [6.07, 6.45) is 1.97. The topological polar surface area (TPSA) is 51.0 Å². The van der Waals surface area contributed by atoms with E-state index in [0.29, 0.717) is 30.9 Å². The number of hydrogen-bond donors (Lipinski definition) is 1. The van der Waals surface area contributed by atoms with E-state index in [0.717, 1.165) is 5.56 Å². The van der Waals surface area contributed by atoms with Crippen LogP contribution in [-0.2, 0) is 13.0 Å². The molecule has 2 rings (SSSR count). The Kier molecular flexibility index (Phi) is 3.82. The zero-order valence-corrected chi connectivity index (χ0v) is 9.61. The molecule has 0 amide bonds. The average molecular weight is 235 g/mol. The Balaban J connectivity index is 1.80. The summed E-state index contributed by atoms with van der Waals surface area (Å²) in [7, 11) is 0. The summed E-state index contributed by atoms with van der Waals surface area (Å²) < 4.78 is 18.0. The molecule has 0 bridgehead atoms. The van der Waals surface area contributed by atoms with Gasteiger partial charge >= 0.3 is 0 Å². The summed E-state index contributed by atoms with van der Waals surface area (Å²) >= 11 is 0. The number of rotatable bonds is 5. The maximum atomic E-state index is 13.4. The average Bonchev–Trinajstić information content (AvgIpc) is 2.82. The largest absolute Gasteiger partial charge is 0.343 e. The number of nitrogens with zero attached hydrogens (tertiary/aromatic N) is 2. The van der Waals surface area contributed by atoms with Crippen molar-refractivity contribution in [2.24, 2.45) is 0 Å². The molecule has 4 nitrogen and oxygen atoms in total. The van der Waals surface area contributed by atoms with Crippen LogP contribution in [0.15, 0.2) is 29.1 Å². The molecule has 0 aliphatic carbocycles. The van der Waals surface area contributed by atoms with E-state index in [1.807, 2.05) is 13.0 Å². The fraction of sp³-hybridized carbons (Fsp3) is 0.333. The smallest absolute Gasteiger partial charge is 0.213 e. The molecule has 0 spiro atoms. The molecule has 0 unspecified atom stereocenters. The van der Waals surface area contributed by atoms with Crippen LogP contribution in [0.25, 0.3) is 0 Å². The Hall–Kier alpha value is -1.75. The third-order valence-corrected chi connectivity index (χ3v) is 2.45. The van der Waals surface area contributed by atoms with Gasteiger partial charge in [-0.3, -0.25) is 0 Å². The van der Waals surface area contributed by atoms with Gasteiger partial charge in [-0.1, -0.05) is 22.9 Å². The number of benzene rings is 1. The lowest BCUT2D eigenvalue weighted by Gasteiger charge is -2.05. The third kappa shape index (κ3) is 3.35. The number of aryl methyl sites for hydroxylation is 1. The molecule has 0 atom stereocenters. The molecule has 1 N–H and O–H groups in total. The van der Waals surface area contributed by atoms with E-state index in [4.69, 9.17) is 0 Å². The molecule has 0 fully saturated rings. The van der Waals surface area contributed by atoms with Crippen molar-refractivity contribution in [1.82, 2.24) is 15.5 Å². The summed E-state index contributed by atoms with van der Waals surface area (Å²) in [5.41, 5.74) is 1.74. The van der Waals surface area contributed by atoms with Gasteiger partial charge in [0.1, 0.15) is 5.82 Å². The van der Waals surface area contributed by atoms with Gasteiger partial charge < -0.3 is 9.84 Å². The van der Waals surface area contributed by atoms with Crippen molar-refractivity contribution in [3.05, 3.63) is 47.4 Å². The second-order valence-electron chi connectivity index (χ2n) is 3.87. The summed E-state index contributed by atoms with van der Waals surface area (Å²) in [6.45, 7) is 3.14. The van der Waals surface area contributed by atoms with Crippen LogP contribution < -0.4 is 5.32 Å². The summed E-state index contributed by atoms with van der Waals surface area (Å²) in [5.74, 6) is 0.477. The van der Waals surface area contributed by atoms with E-state index in [1.165, 1.54) is 12.5 Å². The summed E-state index contributed by atoms with van der Waals surface area (Å²) in [6, 6.07) is 5.10. The number of hydrogen-bond acceptors (Lipinski definition) is 4. The second-order valence-corrected chi connectivity index (χ2v) is 3.87. The predicted octanol–water partition coefficient (Wildman–Crippen LogP) is 1.85. The number of halogens is 1. The Morgan fingerprint density at radius 1 is 1.41 bits per heavy atom. The highest BCUT2D eigenvalue weighted by Crippen LogP contribution is 2.09. The van der Waals surface area contributed by atoms with E-state index >= 15 is 0 Å². The van der Waals surface area contributed by atoms with Crippen molar-refractivity contribution < 1.29 is 8.91 Å². The third-order valence-electron chi connectivity index (χ3n) is 2.45. The van der Waals surface area contributed by atoms with Gasteiger partial charge in [0.2, 0.25) is 6.39 Å². The van der Waals surface area contributed by atoms with Crippen LogP contribution >= 0.6 is 0 Å². The van der Waals surface area contributed by atoms with Gasteiger partial charge in [-0.25, -0.2) is 4.39 Å². The van der Waals surface area contributed by atoms with Crippen LogP contribution in [0.5, 0.6) is 0 Å². The zero-order valence-electron chi connectivity index (χ0n) is 9.61. The fourth-order valence-electron chi connectivity index (χ4n) is 1.56. The molecule has 90 valence electrons. The lowest BCUT2D eigenvalue weighted by Crippen LogP contribution is -2.18. The zero-order chi connectivity index (χ0) is 12.1. The molecule has 0 aliphatic rings. The lowest BCUT2D eigenvalue weighted by molar-refractivity contribution is 0.409. The van der Waals surface area contributed by atoms with Crippen LogP contribution in [0.1, 0.15) is 17.0 Å². The van der Waals surface area contributed by atoms with Crippen LogP contribution in [0, 0.1) is 12.7 Å². The van der Waals surface area contributed by atoms with E-state index < -0.39 is 0 Å². The molecule has 1 aromatic heterocycles. The standard InChI is InChI=1S/C12H14FN3O/c1-9-2-3-11(13)10(6-9)7-14-5-4-12-15-8-17-16-12/h2-3,6,8,14H,4-5,7H2,1H3. The van der Waals surface area contributed by atoms with Crippen LogP contribution in [-0.4, -0.2) is 16.7 Å². The Morgan fingerprint density at radius 3 is 3.06 bits per heavy atom. The van der Waals surface area contributed by atoms with Gasteiger partial charge in [-0.15, -0.1) is 0 Å². The molecular formula is C12H14FN3O. The first-order valence-corrected chi connectivity index (χ1v) is 5.46. The Morgan fingerprint density at radius 2 is 2.29 bits per heavy atom. The molecule has 0 saturated heterocycles. The Labute approximate surface area is 98.8 Å². The van der Waals surface area contributed by atoms with Crippen molar-refractivity contribution >= 4 is 0 Å². The van der Waals surface area contributed by atoms with Gasteiger partial charge in [-0.2, -0.15) is 4.98 Å². The van der Waals surface area contributed by atoms with Gasteiger partial charge in [0.15, 0.2) is 5.82 Å². The minimum Gasteiger partial charge on any atom is -0.343 e. The van der Waals surface area contributed by atoms with Crippen molar-refractivity contribution in [3.63, 3.8) is 0 Å². The predicted molar refractivity (Wildman–Crippen MR) is 60.8 cm³/mol. The van der Waals surface area contributed by atoms with E-state index in [-0.39, 0.29) is 5.82 Å². The molecule has 0 saturated carbocycles. The summed E-state index contributed by atoms with van der Waals surface area (Å²) in [4.78, 5) is 3.90. The molecule has 5 heteroatoms. The fourth-order valence-corrected chi connectivity index (χ4v) is 1.56. The highest BCUT2D eigenvalue weighted by atomic mass is 19.1. The first kappa shape index (κ1) is 11.7. The summed E-state index contributed by atoms with van der Waals surface area (Å²) in [5, 5.41) is 6.84. The SMILES string of the molecule is Cc1ccc(F)c(CNCCc2ncon2)c1. The molecule has 0 radical (unpaired) electrons. The second kappa shape index (κ2) is 5.54. The van der Waals surface area contributed by atoms with Gasteiger partial charge in [0.25, 0.3) is 0 Å². The molecule has 1 heterocycles. The van der Waals surface area contributed by atoms with Crippen molar-refractivity contribution in [1.29, 1.82) is 0 Å². The van der Waals surface area contributed by atoms with Gasteiger partial charge in [0.05, 0.1) is 0 Å². The monoisotopic (exact) mass is 235 g/mol. The van der Waals surface area contributed by atoms with Gasteiger partial charge in [-0.05, 0) is 13.0 Å². The highest BCUT2D eigenvalue weighted by molar-refractivity contribution is 5.23. The minimum absolute atomic E-state index is 0.178. The molecular weight excluding hydrogens is 221 g/mol. The lowest BCUT2D eigenvalue weighted by atomic mass is 10.1. The first-order chi connectivity index (χ1) is 8.25. The van der Waals surface area contributed by atoms with E-state index in [2.05, 4.69) is 20.0 Å². The number of aromatic nitrogens is 2. The number of nitrogens with one attached hydrogen (secondary N) is 1. The van der Waals surface area contributed by atoms with Crippen molar-refractivity contribution in [2.75, 3.05) is 6.54 Å². The Bertz CT molecular complexity index is 471. The molecule has 17 heavy (non-hydrogen) atoms. The highest BCUT2D eigenvalue weighted by Gasteiger charge is 2.02. The molecule has 2 aromatic rings. The minimum atomic E-state index is -0.178. The quantitative estimate of drug-likeness (QED) is 0.803. The van der Waals surface area contributed by atoms with Crippen molar-refractivity contribution in [2.45, 2.75) is 19.9 Å². The van der Waals surface area contributed by atoms with E-state index in [9.17, 15) is 4.39 Å². The first-order valence-electron chi connectivity index (χ1n) is 5.46. The van der Waals surface area contributed by atoms with Crippen LogP contribution in [0.2, 0.25) is 0 Å². The maximum absolute atomic E-state index is 13.4. The van der Waals surface area contributed by atoms with Crippen LogP contribution in [0.3, 0.4) is 0 Å². The van der Waals surface area contributed by atoms with Crippen LogP contribution in [0.4, 0.5) is 4.39 Å². The van der Waals surface area contributed by atoms with Gasteiger partial charge in [0, 0.05) is 25.1 Å². The van der Waals surface area contributed by atoms with Crippen molar-refractivity contribution in [3.8, 4) is 0 Å². The normalized spacial score (nSPS) is 10.7. The van der Waals surface area contributed by atoms with E-state index in [1.54, 1.807) is 6.07 Å².